The van der Waals surface area contributed by atoms with Crippen molar-refractivity contribution in [3.05, 3.63) is 0 Å². The van der Waals surface area contributed by atoms with Crippen molar-refractivity contribution in [2.45, 2.75) is 136 Å². The predicted molar refractivity (Wildman–Crippen MR) is 118 cm³/mol. The summed E-state index contributed by atoms with van der Waals surface area (Å²) in [5.74, 6) is 0. The third-order valence-corrected chi connectivity index (χ3v) is 4.80. The molecular formula is C24H52O2. The Labute approximate surface area is 166 Å². The number of aliphatic hydroxyl groups is 1. The SMILES string of the molecule is CCCCCCCCCCCCO.CCCCCCOCCCCCC. The average molecular weight is 373 g/mol. The Morgan fingerprint density at radius 1 is 0.423 bits per heavy atom. The highest BCUT2D eigenvalue weighted by Crippen LogP contribution is 2.10. The van der Waals surface area contributed by atoms with E-state index in [4.69, 9.17) is 9.84 Å². The van der Waals surface area contributed by atoms with Gasteiger partial charge in [0.05, 0.1) is 0 Å². The molecule has 0 rings (SSSR count). The Morgan fingerprint density at radius 2 is 0.731 bits per heavy atom. The van der Waals surface area contributed by atoms with Gasteiger partial charge in [-0.3, -0.25) is 0 Å². The van der Waals surface area contributed by atoms with Crippen molar-refractivity contribution >= 4 is 0 Å². The Bertz CT molecular complexity index is 164. The molecule has 0 fully saturated rings. The summed E-state index contributed by atoms with van der Waals surface area (Å²) in [5, 5.41) is 8.57. The normalized spacial score (nSPS) is 10.6. The minimum Gasteiger partial charge on any atom is -0.396 e. The zero-order valence-corrected chi connectivity index (χ0v) is 18.7. The predicted octanol–water partition coefficient (Wildman–Crippen LogP) is 8.06. The van der Waals surface area contributed by atoms with Crippen LogP contribution in [0.4, 0.5) is 0 Å². The summed E-state index contributed by atoms with van der Waals surface area (Å²) < 4.78 is 5.53. The van der Waals surface area contributed by atoms with Crippen molar-refractivity contribution in [2.75, 3.05) is 19.8 Å². The minimum absolute atomic E-state index is 0.372. The number of rotatable bonds is 20. The van der Waals surface area contributed by atoms with Crippen LogP contribution in [0, 0.1) is 0 Å². The highest BCUT2D eigenvalue weighted by atomic mass is 16.5. The van der Waals surface area contributed by atoms with Crippen LogP contribution in [0.2, 0.25) is 0 Å². The molecule has 0 aromatic rings. The molecule has 0 bridgehead atoms. The lowest BCUT2D eigenvalue weighted by Gasteiger charge is -2.03. The molecule has 0 aromatic carbocycles. The van der Waals surface area contributed by atoms with Gasteiger partial charge < -0.3 is 9.84 Å². The van der Waals surface area contributed by atoms with Gasteiger partial charge in [0.25, 0.3) is 0 Å². The third-order valence-electron chi connectivity index (χ3n) is 4.80. The smallest absolute Gasteiger partial charge is 0.0466 e. The van der Waals surface area contributed by atoms with E-state index in [9.17, 15) is 0 Å². The molecule has 160 valence electrons. The van der Waals surface area contributed by atoms with Gasteiger partial charge in [0.15, 0.2) is 0 Å². The van der Waals surface area contributed by atoms with Crippen LogP contribution in [-0.4, -0.2) is 24.9 Å². The lowest BCUT2D eigenvalue weighted by Crippen LogP contribution is -1.96. The minimum atomic E-state index is 0.372. The van der Waals surface area contributed by atoms with Gasteiger partial charge in [-0.1, -0.05) is 117 Å². The van der Waals surface area contributed by atoms with E-state index in [1.807, 2.05) is 0 Å². The summed E-state index contributed by atoms with van der Waals surface area (Å²) in [6, 6.07) is 0. The molecule has 0 atom stereocenters. The maximum atomic E-state index is 8.57. The second-order valence-corrected chi connectivity index (χ2v) is 7.64. The molecule has 26 heavy (non-hydrogen) atoms. The quantitative estimate of drug-likeness (QED) is 0.219. The van der Waals surface area contributed by atoms with E-state index in [1.165, 1.54) is 109 Å². The second-order valence-electron chi connectivity index (χ2n) is 7.64. The van der Waals surface area contributed by atoms with Gasteiger partial charge in [-0.15, -0.1) is 0 Å². The first kappa shape index (κ1) is 28.1. The van der Waals surface area contributed by atoms with Crippen LogP contribution in [0.5, 0.6) is 0 Å². The highest BCUT2D eigenvalue weighted by Gasteiger charge is 1.91. The standard InChI is InChI=1S/2C12H26O/c1-3-5-7-9-11-13-12-10-8-6-4-2;1-2-3-4-5-6-7-8-9-10-11-12-13/h3-12H2,1-2H3;13H,2-12H2,1H3. The zero-order chi connectivity index (χ0) is 19.6. The lowest BCUT2D eigenvalue weighted by molar-refractivity contribution is 0.126. The van der Waals surface area contributed by atoms with Crippen LogP contribution in [-0.2, 0) is 4.74 Å². The average Bonchev–Trinajstić information content (AvgIpc) is 2.66. The molecule has 0 saturated heterocycles. The van der Waals surface area contributed by atoms with Crippen LogP contribution >= 0.6 is 0 Å². The van der Waals surface area contributed by atoms with E-state index in [0.717, 1.165) is 19.6 Å². The van der Waals surface area contributed by atoms with E-state index < -0.39 is 0 Å². The molecule has 0 aliphatic heterocycles. The molecule has 0 heterocycles. The van der Waals surface area contributed by atoms with Crippen LogP contribution in [0.15, 0.2) is 0 Å². The summed E-state index contributed by atoms with van der Waals surface area (Å²) in [6.07, 6.45) is 23.8. The van der Waals surface area contributed by atoms with Gasteiger partial charge in [-0.25, -0.2) is 0 Å². The van der Waals surface area contributed by atoms with Gasteiger partial charge in [0, 0.05) is 19.8 Å². The largest absolute Gasteiger partial charge is 0.396 e. The Hall–Kier alpha value is -0.0800. The first-order chi connectivity index (χ1) is 12.8. The number of hydrogen-bond donors (Lipinski definition) is 1. The van der Waals surface area contributed by atoms with Crippen molar-refractivity contribution in [1.82, 2.24) is 0 Å². The molecule has 0 radical (unpaired) electrons. The van der Waals surface area contributed by atoms with Gasteiger partial charge in [0.2, 0.25) is 0 Å². The number of aliphatic hydroxyl groups excluding tert-OH is 1. The van der Waals surface area contributed by atoms with Crippen molar-refractivity contribution in [1.29, 1.82) is 0 Å². The maximum absolute atomic E-state index is 8.57. The fourth-order valence-electron chi connectivity index (χ4n) is 2.96. The first-order valence-electron chi connectivity index (χ1n) is 12.0. The van der Waals surface area contributed by atoms with Crippen molar-refractivity contribution < 1.29 is 9.84 Å². The molecule has 0 unspecified atom stereocenters. The Morgan fingerprint density at radius 3 is 1.08 bits per heavy atom. The molecule has 2 nitrogen and oxygen atoms in total. The summed E-state index contributed by atoms with van der Waals surface area (Å²) in [7, 11) is 0. The van der Waals surface area contributed by atoms with Crippen LogP contribution in [0.3, 0.4) is 0 Å². The van der Waals surface area contributed by atoms with E-state index in [2.05, 4.69) is 20.8 Å². The highest BCUT2D eigenvalue weighted by molar-refractivity contribution is 4.46. The van der Waals surface area contributed by atoms with Crippen LogP contribution in [0.1, 0.15) is 136 Å². The van der Waals surface area contributed by atoms with Gasteiger partial charge in [-0.05, 0) is 19.3 Å². The van der Waals surface area contributed by atoms with Gasteiger partial charge in [-0.2, -0.15) is 0 Å². The molecule has 0 aromatic heterocycles. The summed E-state index contributed by atoms with van der Waals surface area (Å²) in [5.41, 5.74) is 0. The van der Waals surface area contributed by atoms with E-state index in [1.54, 1.807) is 0 Å². The Kier molecular flexibility index (Phi) is 32.1. The lowest BCUT2D eigenvalue weighted by atomic mass is 10.1. The molecule has 0 amide bonds. The van der Waals surface area contributed by atoms with Crippen LogP contribution in [0.25, 0.3) is 0 Å². The topological polar surface area (TPSA) is 29.5 Å². The molecule has 0 saturated carbocycles. The molecular weight excluding hydrogens is 320 g/mol. The summed E-state index contributed by atoms with van der Waals surface area (Å²) >= 11 is 0. The van der Waals surface area contributed by atoms with Crippen LogP contribution < -0.4 is 0 Å². The summed E-state index contributed by atoms with van der Waals surface area (Å²) in [6.45, 7) is 9.07. The van der Waals surface area contributed by atoms with Crippen molar-refractivity contribution in [2.24, 2.45) is 0 Å². The number of ether oxygens (including phenoxy) is 1. The second kappa shape index (κ2) is 29.7. The molecule has 2 heteroatoms. The van der Waals surface area contributed by atoms with Gasteiger partial charge >= 0.3 is 0 Å². The number of unbranched alkanes of at least 4 members (excludes halogenated alkanes) is 15. The van der Waals surface area contributed by atoms with Crippen molar-refractivity contribution in [3.8, 4) is 0 Å². The first-order valence-corrected chi connectivity index (χ1v) is 12.0. The molecule has 0 aliphatic rings. The monoisotopic (exact) mass is 372 g/mol. The number of hydrogen-bond acceptors (Lipinski definition) is 2. The van der Waals surface area contributed by atoms with E-state index in [-0.39, 0.29) is 0 Å². The molecule has 0 spiro atoms. The van der Waals surface area contributed by atoms with E-state index in [0.29, 0.717) is 6.61 Å². The zero-order valence-electron chi connectivity index (χ0n) is 18.7. The van der Waals surface area contributed by atoms with Gasteiger partial charge in [0.1, 0.15) is 0 Å². The third kappa shape index (κ3) is 31.7. The maximum Gasteiger partial charge on any atom is 0.0466 e. The van der Waals surface area contributed by atoms with E-state index >= 15 is 0 Å². The molecule has 1 N–H and O–H groups in total. The summed E-state index contributed by atoms with van der Waals surface area (Å²) in [4.78, 5) is 0. The van der Waals surface area contributed by atoms with Crippen molar-refractivity contribution in [3.63, 3.8) is 0 Å². The fourth-order valence-corrected chi connectivity index (χ4v) is 2.96. The molecule has 0 aliphatic carbocycles. The Balaban J connectivity index is 0. The fraction of sp³-hybridized carbons (Fsp3) is 1.00.